The minimum Gasteiger partial charge on any atom is -0.489 e. The topological polar surface area (TPSA) is 67.4 Å². The standard InChI is InChI=1S/C21H24N2O3/c24-20(14-16-6-4-5-7-16)22-23-21(25)18-12-10-17(11-13-18)15-26-19-8-2-1-3-9-19/h1-3,8-13,16H,4-7,14-15H2,(H,22,24)(H,23,25). The van der Waals surface area contributed by atoms with Crippen molar-refractivity contribution in [2.45, 2.75) is 38.7 Å². The molecule has 5 nitrogen and oxygen atoms in total. The number of ether oxygens (including phenoxy) is 1. The third kappa shape index (κ3) is 5.34. The SMILES string of the molecule is O=C(CC1CCCC1)NNC(=O)c1ccc(COc2ccccc2)cc1. The number of amides is 2. The highest BCUT2D eigenvalue weighted by molar-refractivity contribution is 5.95. The van der Waals surface area contributed by atoms with E-state index in [4.69, 9.17) is 4.74 Å². The number of benzene rings is 2. The number of nitrogens with one attached hydrogen (secondary N) is 2. The summed E-state index contributed by atoms with van der Waals surface area (Å²) in [4.78, 5) is 24.0. The average Bonchev–Trinajstić information content (AvgIpc) is 3.18. The summed E-state index contributed by atoms with van der Waals surface area (Å²) in [7, 11) is 0. The van der Waals surface area contributed by atoms with Gasteiger partial charge in [0, 0.05) is 12.0 Å². The number of hydrazine groups is 1. The first-order chi connectivity index (χ1) is 12.7. The molecular formula is C21H24N2O3. The maximum Gasteiger partial charge on any atom is 0.269 e. The summed E-state index contributed by atoms with van der Waals surface area (Å²) in [6.07, 6.45) is 5.09. The Morgan fingerprint density at radius 2 is 1.62 bits per heavy atom. The van der Waals surface area contributed by atoms with E-state index in [0.29, 0.717) is 24.5 Å². The maximum atomic E-state index is 12.1. The lowest BCUT2D eigenvalue weighted by Crippen LogP contribution is -2.42. The van der Waals surface area contributed by atoms with Crippen LogP contribution >= 0.6 is 0 Å². The molecule has 2 aromatic rings. The van der Waals surface area contributed by atoms with E-state index in [1.54, 1.807) is 12.1 Å². The molecule has 1 fully saturated rings. The Morgan fingerprint density at radius 3 is 2.31 bits per heavy atom. The zero-order valence-corrected chi connectivity index (χ0v) is 14.7. The largest absolute Gasteiger partial charge is 0.489 e. The summed E-state index contributed by atoms with van der Waals surface area (Å²) < 4.78 is 5.68. The maximum absolute atomic E-state index is 12.1. The Morgan fingerprint density at radius 1 is 0.923 bits per heavy atom. The molecule has 1 saturated carbocycles. The Kier molecular flexibility index (Phi) is 6.25. The van der Waals surface area contributed by atoms with Gasteiger partial charge in [0.2, 0.25) is 5.91 Å². The first-order valence-corrected chi connectivity index (χ1v) is 9.06. The van der Waals surface area contributed by atoms with Crippen LogP contribution in [0, 0.1) is 5.92 Å². The molecule has 0 spiro atoms. The molecule has 2 amide bonds. The lowest BCUT2D eigenvalue weighted by molar-refractivity contribution is -0.122. The van der Waals surface area contributed by atoms with Crippen molar-refractivity contribution < 1.29 is 14.3 Å². The van der Waals surface area contributed by atoms with Gasteiger partial charge in [0.15, 0.2) is 0 Å². The van der Waals surface area contributed by atoms with Crippen LogP contribution in [0.5, 0.6) is 5.75 Å². The average molecular weight is 352 g/mol. The van der Waals surface area contributed by atoms with Gasteiger partial charge in [-0.3, -0.25) is 20.4 Å². The molecule has 0 aliphatic heterocycles. The molecule has 0 aromatic heterocycles. The molecular weight excluding hydrogens is 328 g/mol. The van der Waals surface area contributed by atoms with E-state index in [1.165, 1.54) is 12.8 Å². The fourth-order valence-corrected chi connectivity index (χ4v) is 3.16. The molecule has 0 heterocycles. The van der Waals surface area contributed by atoms with Crippen LogP contribution in [0.2, 0.25) is 0 Å². The molecule has 5 heteroatoms. The smallest absolute Gasteiger partial charge is 0.269 e. The van der Waals surface area contributed by atoms with Gasteiger partial charge >= 0.3 is 0 Å². The van der Waals surface area contributed by atoms with E-state index in [9.17, 15) is 9.59 Å². The van der Waals surface area contributed by atoms with Gasteiger partial charge in [-0.25, -0.2) is 0 Å². The predicted molar refractivity (Wildman–Crippen MR) is 99.4 cm³/mol. The van der Waals surface area contributed by atoms with Gasteiger partial charge in [0.05, 0.1) is 0 Å². The van der Waals surface area contributed by atoms with Gasteiger partial charge in [-0.05, 0) is 48.6 Å². The fraction of sp³-hybridized carbons (Fsp3) is 0.333. The third-order valence-corrected chi connectivity index (χ3v) is 4.63. The highest BCUT2D eigenvalue weighted by atomic mass is 16.5. The minimum atomic E-state index is -0.319. The quantitative estimate of drug-likeness (QED) is 0.781. The molecule has 136 valence electrons. The monoisotopic (exact) mass is 352 g/mol. The minimum absolute atomic E-state index is 0.127. The van der Waals surface area contributed by atoms with Crippen molar-refractivity contribution in [3.63, 3.8) is 0 Å². The summed E-state index contributed by atoms with van der Waals surface area (Å²) in [6, 6.07) is 16.7. The number of rotatable bonds is 6. The van der Waals surface area contributed by atoms with Crippen LogP contribution in [-0.2, 0) is 11.4 Å². The molecule has 0 bridgehead atoms. The summed E-state index contributed by atoms with van der Waals surface area (Å²) in [5.74, 6) is 0.813. The van der Waals surface area contributed by atoms with Crippen molar-refractivity contribution in [2.75, 3.05) is 0 Å². The molecule has 1 aliphatic carbocycles. The molecule has 2 N–H and O–H groups in total. The zero-order valence-electron chi connectivity index (χ0n) is 14.7. The van der Waals surface area contributed by atoms with Crippen LogP contribution in [0.3, 0.4) is 0 Å². The van der Waals surface area contributed by atoms with Gasteiger partial charge in [0.25, 0.3) is 5.91 Å². The zero-order chi connectivity index (χ0) is 18.2. The summed E-state index contributed by atoms with van der Waals surface area (Å²) in [5.41, 5.74) is 6.45. The number of carbonyl (C=O) groups is 2. The van der Waals surface area contributed by atoms with Crippen LogP contribution < -0.4 is 15.6 Å². The molecule has 0 saturated heterocycles. The second-order valence-corrected chi connectivity index (χ2v) is 6.66. The highest BCUT2D eigenvalue weighted by Gasteiger charge is 2.18. The lowest BCUT2D eigenvalue weighted by atomic mass is 10.0. The van der Waals surface area contributed by atoms with E-state index < -0.39 is 0 Å². The predicted octanol–water partition coefficient (Wildman–Crippen LogP) is 3.61. The lowest BCUT2D eigenvalue weighted by Gasteiger charge is -2.11. The Balaban J connectivity index is 1.43. The molecule has 0 atom stereocenters. The van der Waals surface area contributed by atoms with E-state index in [-0.39, 0.29) is 11.8 Å². The van der Waals surface area contributed by atoms with Crippen molar-refractivity contribution in [2.24, 2.45) is 5.92 Å². The van der Waals surface area contributed by atoms with Gasteiger partial charge < -0.3 is 4.74 Å². The van der Waals surface area contributed by atoms with Gasteiger partial charge in [-0.1, -0.05) is 43.2 Å². The van der Waals surface area contributed by atoms with E-state index in [2.05, 4.69) is 10.9 Å². The second-order valence-electron chi connectivity index (χ2n) is 6.66. The molecule has 0 radical (unpaired) electrons. The van der Waals surface area contributed by atoms with Crippen molar-refractivity contribution >= 4 is 11.8 Å². The summed E-state index contributed by atoms with van der Waals surface area (Å²) >= 11 is 0. The van der Waals surface area contributed by atoms with Gasteiger partial charge in [0.1, 0.15) is 12.4 Å². The second kappa shape index (κ2) is 9.04. The Bertz CT molecular complexity index is 723. The summed E-state index contributed by atoms with van der Waals surface area (Å²) in [6.45, 7) is 0.435. The van der Waals surface area contributed by atoms with E-state index in [1.807, 2.05) is 42.5 Å². The van der Waals surface area contributed by atoms with Crippen molar-refractivity contribution in [3.8, 4) is 5.75 Å². The number of hydrogen-bond donors (Lipinski definition) is 2. The molecule has 2 aromatic carbocycles. The molecule has 26 heavy (non-hydrogen) atoms. The Labute approximate surface area is 153 Å². The third-order valence-electron chi connectivity index (χ3n) is 4.63. The van der Waals surface area contributed by atoms with E-state index >= 15 is 0 Å². The highest BCUT2D eigenvalue weighted by Crippen LogP contribution is 2.27. The first-order valence-electron chi connectivity index (χ1n) is 9.06. The van der Waals surface area contributed by atoms with Crippen LogP contribution in [0.1, 0.15) is 48.0 Å². The number of para-hydroxylation sites is 1. The fourth-order valence-electron chi connectivity index (χ4n) is 3.16. The van der Waals surface area contributed by atoms with Crippen molar-refractivity contribution in [1.29, 1.82) is 0 Å². The number of hydrogen-bond acceptors (Lipinski definition) is 3. The number of carbonyl (C=O) groups excluding carboxylic acids is 2. The van der Waals surface area contributed by atoms with Gasteiger partial charge in [-0.15, -0.1) is 0 Å². The van der Waals surface area contributed by atoms with Gasteiger partial charge in [-0.2, -0.15) is 0 Å². The normalized spacial score (nSPS) is 14.0. The molecule has 1 aliphatic rings. The van der Waals surface area contributed by atoms with E-state index in [0.717, 1.165) is 24.2 Å². The molecule has 0 unspecified atom stereocenters. The van der Waals surface area contributed by atoms with Crippen LogP contribution in [-0.4, -0.2) is 11.8 Å². The van der Waals surface area contributed by atoms with Crippen molar-refractivity contribution in [1.82, 2.24) is 10.9 Å². The van der Waals surface area contributed by atoms with Crippen molar-refractivity contribution in [3.05, 3.63) is 65.7 Å². The Hall–Kier alpha value is -2.82. The first kappa shape index (κ1) is 18.0. The van der Waals surface area contributed by atoms with Crippen LogP contribution in [0.4, 0.5) is 0 Å². The van der Waals surface area contributed by atoms with Crippen LogP contribution in [0.25, 0.3) is 0 Å². The van der Waals surface area contributed by atoms with Crippen LogP contribution in [0.15, 0.2) is 54.6 Å². The summed E-state index contributed by atoms with van der Waals surface area (Å²) in [5, 5.41) is 0. The molecule has 3 rings (SSSR count).